The molecule has 0 spiro atoms. The van der Waals surface area contributed by atoms with Crippen molar-refractivity contribution in [3.05, 3.63) is 53.1 Å². The van der Waals surface area contributed by atoms with Crippen LogP contribution in [0.1, 0.15) is 37.7 Å². The fourth-order valence-corrected chi connectivity index (χ4v) is 5.36. The number of benzene rings is 2. The zero-order chi connectivity index (χ0) is 26.2. The van der Waals surface area contributed by atoms with E-state index in [0.717, 1.165) is 36.8 Å². The number of hydrogen-bond acceptors (Lipinski definition) is 7. The van der Waals surface area contributed by atoms with Gasteiger partial charge in [0.15, 0.2) is 11.5 Å². The Hall–Kier alpha value is -3.17. The lowest BCUT2D eigenvalue weighted by atomic mass is 10.1. The summed E-state index contributed by atoms with van der Waals surface area (Å²) in [6, 6.07) is 13.1. The predicted molar refractivity (Wildman–Crippen MR) is 145 cm³/mol. The van der Waals surface area contributed by atoms with Crippen LogP contribution in [0.5, 0.6) is 11.5 Å². The number of rotatable bonds is 11. The number of hydrogen-bond donors (Lipinski definition) is 1. The van der Waals surface area contributed by atoms with Crippen LogP contribution in [0.3, 0.4) is 0 Å². The molecular weight excluding hydrogens is 512 g/mol. The first-order valence-electron chi connectivity index (χ1n) is 12.4. The lowest BCUT2D eigenvalue weighted by Gasteiger charge is -2.25. The lowest BCUT2D eigenvalue weighted by molar-refractivity contribution is -0.135. The third kappa shape index (κ3) is 7.20. The van der Waals surface area contributed by atoms with Crippen LogP contribution in [0.4, 0.5) is 5.13 Å². The van der Waals surface area contributed by atoms with Gasteiger partial charge in [0.1, 0.15) is 5.01 Å². The number of methoxy groups -OCH3 is 2. The highest BCUT2D eigenvalue weighted by Gasteiger charge is 2.27. The van der Waals surface area contributed by atoms with E-state index in [2.05, 4.69) is 15.5 Å². The SMILES string of the molecule is COc1ccc(CCN(CCC(=O)Nc2nnc(-c3ccc(Cl)cc3)s2)C(=O)C2CCCC2)cc1OC. The molecule has 3 aromatic rings. The maximum Gasteiger partial charge on any atom is 0.227 e. The van der Waals surface area contributed by atoms with Gasteiger partial charge in [0.2, 0.25) is 16.9 Å². The van der Waals surface area contributed by atoms with Crippen LogP contribution in [0.25, 0.3) is 10.6 Å². The monoisotopic (exact) mass is 542 g/mol. The number of nitrogens with zero attached hydrogens (tertiary/aromatic N) is 3. The van der Waals surface area contributed by atoms with E-state index in [-0.39, 0.29) is 24.2 Å². The van der Waals surface area contributed by atoms with Crippen molar-refractivity contribution >= 4 is 39.9 Å². The molecule has 1 N–H and O–H groups in total. The van der Waals surface area contributed by atoms with Crippen molar-refractivity contribution < 1.29 is 19.1 Å². The summed E-state index contributed by atoms with van der Waals surface area (Å²) in [6.45, 7) is 0.870. The zero-order valence-corrected chi connectivity index (χ0v) is 22.6. The number of aromatic nitrogens is 2. The highest BCUT2D eigenvalue weighted by atomic mass is 35.5. The molecule has 0 aliphatic heterocycles. The number of ether oxygens (including phenoxy) is 2. The second kappa shape index (κ2) is 12.9. The Morgan fingerprint density at radius 1 is 1.03 bits per heavy atom. The Morgan fingerprint density at radius 2 is 1.76 bits per heavy atom. The lowest BCUT2D eigenvalue weighted by Crippen LogP contribution is -2.38. The van der Waals surface area contributed by atoms with E-state index >= 15 is 0 Å². The van der Waals surface area contributed by atoms with Gasteiger partial charge in [-0.05, 0) is 49.1 Å². The van der Waals surface area contributed by atoms with Crippen molar-refractivity contribution in [2.45, 2.75) is 38.5 Å². The highest BCUT2D eigenvalue weighted by Crippen LogP contribution is 2.30. The van der Waals surface area contributed by atoms with Crippen molar-refractivity contribution in [1.29, 1.82) is 0 Å². The number of anilines is 1. The molecule has 4 rings (SSSR count). The Labute approximate surface area is 225 Å². The summed E-state index contributed by atoms with van der Waals surface area (Å²) in [6.07, 6.45) is 4.81. The number of halogens is 1. The van der Waals surface area contributed by atoms with E-state index in [4.69, 9.17) is 21.1 Å². The van der Waals surface area contributed by atoms with E-state index in [0.29, 0.717) is 46.2 Å². The van der Waals surface area contributed by atoms with Gasteiger partial charge < -0.3 is 19.7 Å². The third-order valence-electron chi connectivity index (χ3n) is 6.51. The Kier molecular flexibility index (Phi) is 9.35. The van der Waals surface area contributed by atoms with Crippen LogP contribution in [0.15, 0.2) is 42.5 Å². The molecule has 1 heterocycles. The molecule has 1 aromatic heterocycles. The number of carbonyl (C=O) groups is 2. The molecule has 1 fully saturated rings. The first-order valence-corrected chi connectivity index (χ1v) is 13.5. The van der Waals surface area contributed by atoms with Crippen LogP contribution in [-0.2, 0) is 16.0 Å². The van der Waals surface area contributed by atoms with Crippen molar-refractivity contribution in [3.63, 3.8) is 0 Å². The quantitative estimate of drug-likeness (QED) is 0.345. The summed E-state index contributed by atoms with van der Waals surface area (Å²) in [4.78, 5) is 27.8. The van der Waals surface area contributed by atoms with Gasteiger partial charge in [0.05, 0.1) is 14.2 Å². The second-order valence-corrected chi connectivity index (χ2v) is 10.4. The Balaban J connectivity index is 1.36. The fraction of sp³-hybridized carbons (Fsp3) is 0.407. The predicted octanol–water partition coefficient (Wildman–Crippen LogP) is 5.47. The van der Waals surface area contributed by atoms with Crippen molar-refractivity contribution in [1.82, 2.24) is 15.1 Å². The van der Waals surface area contributed by atoms with Crippen molar-refractivity contribution in [2.24, 2.45) is 5.92 Å². The standard InChI is InChI=1S/C27H31ClN4O4S/c1-35-22-12-7-18(17-23(22)36-2)13-15-32(26(34)20-5-3-4-6-20)16-14-24(33)29-27-31-30-25(37-27)19-8-10-21(28)11-9-19/h7-12,17,20H,3-6,13-16H2,1-2H3,(H,29,31,33). The molecule has 0 atom stereocenters. The maximum absolute atomic E-state index is 13.3. The largest absolute Gasteiger partial charge is 0.493 e. The summed E-state index contributed by atoms with van der Waals surface area (Å²) in [5.74, 6) is 1.29. The molecule has 1 aliphatic rings. The second-order valence-electron chi connectivity index (χ2n) is 8.96. The van der Waals surface area contributed by atoms with Gasteiger partial charge in [0.25, 0.3) is 0 Å². The molecule has 10 heteroatoms. The minimum atomic E-state index is -0.200. The van der Waals surface area contributed by atoms with Crippen LogP contribution < -0.4 is 14.8 Å². The molecular formula is C27H31ClN4O4S. The molecule has 0 unspecified atom stereocenters. The smallest absolute Gasteiger partial charge is 0.227 e. The van der Waals surface area contributed by atoms with Gasteiger partial charge in [-0.15, -0.1) is 10.2 Å². The van der Waals surface area contributed by atoms with E-state index in [1.807, 2.05) is 35.2 Å². The summed E-state index contributed by atoms with van der Waals surface area (Å²) >= 11 is 7.25. The summed E-state index contributed by atoms with van der Waals surface area (Å²) in [7, 11) is 3.21. The van der Waals surface area contributed by atoms with E-state index in [1.54, 1.807) is 26.4 Å². The summed E-state index contributed by atoms with van der Waals surface area (Å²) < 4.78 is 10.7. The summed E-state index contributed by atoms with van der Waals surface area (Å²) in [5, 5.41) is 12.8. The minimum absolute atomic E-state index is 0.0403. The fourth-order valence-electron chi connectivity index (χ4n) is 4.46. The molecule has 0 radical (unpaired) electrons. The molecule has 1 aliphatic carbocycles. The van der Waals surface area contributed by atoms with Gasteiger partial charge in [-0.2, -0.15) is 0 Å². The first kappa shape index (κ1) is 26.9. The third-order valence-corrected chi connectivity index (χ3v) is 7.65. The van der Waals surface area contributed by atoms with E-state index in [1.165, 1.54) is 11.3 Å². The van der Waals surface area contributed by atoms with Gasteiger partial charge in [-0.1, -0.05) is 54.0 Å². The molecule has 1 saturated carbocycles. The first-order chi connectivity index (χ1) is 18.0. The highest BCUT2D eigenvalue weighted by molar-refractivity contribution is 7.18. The Morgan fingerprint density at radius 3 is 2.46 bits per heavy atom. The topological polar surface area (TPSA) is 93.6 Å². The van der Waals surface area contributed by atoms with Gasteiger partial charge in [0, 0.05) is 36.0 Å². The maximum atomic E-state index is 13.3. The average molecular weight is 543 g/mol. The number of nitrogens with one attached hydrogen (secondary N) is 1. The van der Waals surface area contributed by atoms with Crippen LogP contribution in [-0.4, -0.2) is 54.2 Å². The minimum Gasteiger partial charge on any atom is -0.493 e. The number of amides is 2. The molecule has 37 heavy (non-hydrogen) atoms. The van der Waals surface area contributed by atoms with E-state index < -0.39 is 0 Å². The molecule has 2 amide bonds. The molecule has 0 saturated heterocycles. The van der Waals surface area contributed by atoms with Crippen LogP contribution >= 0.6 is 22.9 Å². The number of carbonyl (C=O) groups excluding carboxylic acids is 2. The zero-order valence-electron chi connectivity index (χ0n) is 21.0. The van der Waals surface area contributed by atoms with Crippen LogP contribution in [0.2, 0.25) is 5.02 Å². The van der Waals surface area contributed by atoms with Gasteiger partial charge in [-0.25, -0.2) is 0 Å². The normalized spacial score (nSPS) is 13.4. The van der Waals surface area contributed by atoms with Crippen molar-refractivity contribution in [2.75, 3.05) is 32.6 Å². The van der Waals surface area contributed by atoms with Crippen LogP contribution in [0, 0.1) is 5.92 Å². The van der Waals surface area contributed by atoms with Gasteiger partial charge in [-0.3, -0.25) is 9.59 Å². The van der Waals surface area contributed by atoms with Crippen molar-refractivity contribution in [3.8, 4) is 22.1 Å². The average Bonchev–Trinajstić information content (AvgIpc) is 3.61. The molecule has 2 aromatic carbocycles. The summed E-state index contributed by atoms with van der Waals surface area (Å²) in [5.41, 5.74) is 1.92. The Bertz CT molecular complexity index is 1210. The molecule has 196 valence electrons. The molecule has 0 bridgehead atoms. The van der Waals surface area contributed by atoms with E-state index in [9.17, 15) is 9.59 Å². The van der Waals surface area contributed by atoms with Gasteiger partial charge >= 0.3 is 0 Å². The molecule has 8 nitrogen and oxygen atoms in total.